The molecule has 20 heavy (non-hydrogen) atoms. The highest BCUT2D eigenvalue weighted by molar-refractivity contribution is 5.89. The number of rotatable bonds is 4. The molecule has 2 rings (SSSR count). The fraction of sp³-hybridized carbons (Fsp3) is 0.467. The predicted molar refractivity (Wildman–Crippen MR) is 73.0 cm³/mol. The summed E-state index contributed by atoms with van der Waals surface area (Å²) in [6.45, 7) is 0. The van der Waals surface area contributed by atoms with Crippen LogP contribution in [0.4, 0.5) is 0 Å². The molecule has 3 N–H and O–H groups in total. The first-order valence-electron chi connectivity index (χ1n) is 6.84. The van der Waals surface area contributed by atoms with Gasteiger partial charge in [-0.3, -0.25) is 4.79 Å². The minimum absolute atomic E-state index is 0.412. The van der Waals surface area contributed by atoms with Crippen molar-refractivity contribution >= 4 is 11.9 Å². The minimum Gasteiger partial charge on any atom is -0.480 e. The topological polar surface area (TPSA) is 86.6 Å². The van der Waals surface area contributed by atoms with Gasteiger partial charge < -0.3 is 15.5 Å². The molecule has 0 aromatic heterocycles. The van der Waals surface area contributed by atoms with Gasteiger partial charge in [0.05, 0.1) is 0 Å². The summed E-state index contributed by atoms with van der Waals surface area (Å²) in [5.41, 5.74) is -0.771. The van der Waals surface area contributed by atoms with Crippen LogP contribution >= 0.6 is 0 Å². The van der Waals surface area contributed by atoms with Gasteiger partial charge in [0, 0.05) is 0 Å². The lowest BCUT2D eigenvalue weighted by molar-refractivity contribution is -0.151. The van der Waals surface area contributed by atoms with E-state index in [1.807, 2.05) is 0 Å². The van der Waals surface area contributed by atoms with Gasteiger partial charge in [0.2, 0.25) is 0 Å². The standard InChI is InChI=1S/C15H19NO4/c17-12(11-7-3-1-4-8-11)13(18)16-15(14(19)20)9-5-2-6-10-15/h1,3-4,7-8,12,17H,2,5-6,9-10H2,(H,16,18)(H,19,20). The van der Waals surface area contributed by atoms with Crippen LogP contribution in [-0.2, 0) is 9.59 Å². The molecule has 0 radical (unpaired) electrons. The van der Waals surface area contributed by atoms with Gasteiger partial charge in [-0.2, -0.15) is 0 Å². The highest BCUT2D eigenvalue weighted by Gasteiger charge is 2.42. The molecule has 0 aliphatic heterocycles. The lowest BCUT2D eigenvalue weighted by Crippen LogP contribution is -2.56. The molecule has 1 aromatic carbocycles. The summed E-state index contributed by atoms with van der Waals surface area (Å²) in [5, 5.41) is 21.9. The summed E-state index contributed by atoms with van der Waals surface area (Å²) < 4.78 is 0. The fourth-order valence-corrected chi connectivity index (χ4v) is 2.64. The molecule has 1 amide bonds. The van der Waals surface area contributed by atoms with Crippen molar-refractivity contribution in [1.29, 1.82) is 0 Å². The first-order chi connectivity index (χ1) is 9.55. The van der Waals surface area contributed by atoms with Crippen LogP contribution < -0.4 is 5.32 Å². The largest absolute Gasteiger partial charge is 0.480 e. The first-order valence-corrected chi connectivity index (χ1v) is 6.84. The minimum atomic E-state index is -1.34. The molecule has 108 valence electrons. The van der Waals surface area contributed by atoms with Gasteiger partial charge in [-0.25, -0.2) is 4.79 Å². The van der Waals surface area contributed by atoms with Crippen LogP contribution in [0.3, 0.4) is 0 Å². The Balaban J connectivity index is 2.11. The van der Waals surface area contributed by atoms with Gasteiger partial charge in [-0.15, -0.1) is 0 Å². The summed E-state index contributed by atoms with van der Waals surface area (Å²) in [6, 6.07) is 8.50. The number of aliphatic hydroxyl groups is 1. The molecule has 0 bridgehead atoms. The van der Waals surface area contributed by atoms with Gasteiger partial charge in [-0.05, 0) is 18.4 Å². The van der Waals surface area contributed by atoms with E-state index in [4.69, 9.17) is 0 Å². The molecule has 1 fully saturated rings. The maximum atomic E-state index is 12.1. The van der Waals surface area contributed by atoms with E-state index in [0.29, 0.717) is 18.4 Å². The SMILES string of the molecule is O=C(NC1(C(=O)O)CCCCC1)C(O)c1ccccc1. The third kappa shape index (κ3) is 2.99. The van der Waals surface area contributed by atoms with E-state index in [2.05, 4.69) is 5.32 Å². The van der Waals surface area contributed by atoms with Gasteiger partial charge in [0.1, 0.15) is 5.54 Å². The monoisotopic (exact) mass is 277 g/mol. The molecule has 5 heteroatoms. The summed E-state index contributed by atoms with van der Waals surface area (Å²) in [5.74, 6) is -1.67. The number of carbonyl (C=O) groups excluding carboxylic acids is 1. The van der Waals surface area contributed by atoms with Crippen LogP contribution in [-0.4, -0.2) is 27.6 Å². The molecule has 1 saturated carbocycles. The third-order valence-corrected chi connectivity index (χ3v) is 3.84. The van der Waals surface area contributed by atoms with Crippen molar-refractivity contribution in [2.45, 2.75) is 43.7 Å². The number of carboxylic acids is 1. The van der Waals surface area contributed by atoms with Crippen molar-refractivity contribution in [2.75, 3.05) is 0 Å². The molecular formula is C15H19NO4. The van der Waals surface area contributed by atoms with Crippen molar-refractivity contribution < 1.29 is 19.8 Å². The number of amides is 1. The number of benzene rings is 1. The summed E-state index contributed by atoms with van der Waals surface area (Å²) in [7, 11) is 0. The zero-order valence-corrected chi connectivity index (χ0v) is 11.2. The normalized spacial score (nSPS) is 19.1. The Hall–Kier alpha value is -1.88. The zero-order chi connectivity index (χ0) is 14.6. The second kappa shape index (κ2) is 6.05. The van der Waals surface area contributed by atoms with Crippen molar-refractivity contribution in [3.63, 3.8) is 0 Å². The Morgan fingerprint density at radius 3 is 2.25 bits per heavy atom. The van der Waals surface area contributed by atoms with E-state index in [0.717, 1.165) is 19.3 Å². The maximum absolute atomic E-state index is 12.1. The fourth-order valence-electron chi connectivity index (χ4n) is 2.64. The molecule has 5 nitrogen and oxygen atoms in total. The molecule has 0 saturated heterocycles. The van der Waals surface area contributed by atoms with Crippen LogP contribution in [0.15, 0.2) is 30.3 Å². The van der Waals surface area contributed by atoms with Crippen LogP contribution in [0, 0.1) is 0 Å². The summed E-state index contributed by atoms with van der Waals surface area (Å²) in [6.07, 6.45) is 2.01. The lowest BCUT2D eigenvalue weighted by atomic mass is 9.81. The van der Waals surface area contributed by atoms with Crippen LogP contribution in [0.5, 0.6) is 0 Å². The van der Waals surface area contributed by atoms with Crippen molar-refractivity contribution in [3.8, 4) is 0 Å². The first kappa shape index (κ1) is 14.5. The number of carbonyl (C=O) groups is 2. The summed E-state index contributed by atoms with van der Waals surface area (Å²) >= 11 is 0. The molecule has 0 heterocycles. The molecule has 1 unspecified atom stereocenters. The van der Waals surface area contributed by atoms with Crippen LogP contribution in [0.25, 0.3) is 0 Å². The highest BCUT2D eigenvalue weighted by atomic mass is 16.4. The van der Waals surface area contributed by atoms with Gasteiger partial charge in [-0.1, -0.05) is 49.6 Å². The van der Waals surface area contributed by atoms with E-state index in [9.17, 15) is 19.8 Å². The lowest BCUT2D eigenvalue weighted by Gasteiger charge is -2.34. The van der Waals surface area contributed by atoms with E-state index in [-0.39, 0.29) is 0 Å². The average Bonchev–Trinajstić information content (AvgIpc) is 2.48. The van der Waals surface area contributed by atoms with E-state index < -0.39 is 23.5 Å². The van der Waals surface area contributed by atoms with Crippen LogP contribution in [0.2, 0.25) is 0 Å². The second-order valence-electron chi connectivity index (χ2n) is 5.25. The molecule has 0 spiro atoms. The average molecular weight is 277 g/mol. The van der Waals surface area contributed by atoms with E-state index in [1.54, 1.807) is 30.3 Å². The van der Waals surface area contributed by atoms with Crippen LogP contribution in [0.1, 0.15) is 43.8 Å². The van der Waals surface area contributed by atoms with E-state index in [1.165, 1.54) is 0 Å². The van der Waals surface area contributed by atoms with Gasteiger partial charge in [0.15, 0.2) is 6.10 Å². The molecular weight excluding hydrogens is 258 g/mol. The van der Waals surface area contributed by atoms with Gasteiger partial charge >= 0.3 is 5.97 Å². The Labute approximate surface area is 117 Å². The Bertz CT molecular complexity index is 480. The number of hydrogen-bond donors (Lipinski definition) is 3. The third-order valence-electron chi connectivity index (χ3n) is 3.84. The molecule has 1 aromatic rings. The van der Waals surface area contributed by atoms with Crippen molar-refractivity contribution in [1.82, 2.24) is 5.32 Å². The maximum Gasteiger partial charge on any atom is 0.329 e. The quantitative estimate of drug-likeness (QED) is 0.780. The number of aliphatic hydroxyl groups excluding tert-OH is 1. The summed E-state index contributed by atoms with van der Waals surface area (Å²) in [4.78, 5) is 23.6. The Morgan fingerprint density at radius 2 is 1.70 bits per heavy atom. The van der Waals surface area contributed by atoms with Crippen molar-refractivity contribution in [3.05, 3.63) is 35.9 Å². The zero-order valence-electron chi connectivity index (χ0n) is 11.2. The Morgan fingerprint density at radius 1 is 1.10 bits per heavy atom. The smallest absolute Gasteiger partial charge is 0.329 e. The number of aliphatic carboxylic acids is 1. The second-order valence-corrected chi connectivity index (χ2v) is 5.25. The highest BCUT2D eigenvalue weighted by Crippen LogP contribution is 2.29. The number of carboxylic acid groups (broad SMARTS) is 1. The Kier molecular flexibility index (Phi) is 4.39. The molecule has 1 atom stereocenters. The van der Waals surface area contributed by atoms with Gasteiger partial charge in [0.25, 0.3) is 5.91 Å². The molecule has 1 aliphatic carbocycles. The van der Waals surface area contributed by atoms with Crippen molar-refractivity contribution in [2.24, 2.45) is 0 Å². The number of hydrogen-bond acceptors (Lipinski definition) is 3. The van der Waals surface area contributed by atoms with E-state index >= 15 is 0 Å². The molecule has 1 aliphatic rings. The number of nitrogens with one attached hydrogen (secondary N) is 1. The predicted octanol–water partition coefficient (Wildman–Crippen LogP) is 1.62.